The van der Waals surface area contributed by atoms with Gasteiger partial charge in [-0.2, -0.15) is 0 Å². The number of barbiturate groups is 1. The molecule has 1 saturated carbocycles. The zero-order valence-corrected chi connectivity index (χ0v) is 9.99. The summed E-state index contributed by atoms with van der Waals surface area (Å²) in [4.78, 5) is 36.1. The minimum Gasteiger partial charge on any atom is -0.377 e. The van der Waals surface area contributed by atoms with Crippen LogP contribution in [-0.2, 0) is 14.3 Å². The lowest BCUT2D eigenvalue weighted by molar-refractivity contribution is -0.145. The van der Waals surface area contributed by atoms with Gasteiger partial charge in [0.05, 0.1) is 19.3 Å². The fourth-order valence-electron chi connectivity index (χ4n) is 1.88. The Morgan fingerprint density at radius 1 is 1.35 bits per heavy atom. The van der Waals surface area contributed by atoms with Gasteiger partial charge in [0.2, 0.25) is 11.8 Å². The molecule has 0 atom stereocenters. The molecule has 0 aromatic carbocycles. The fraction of sp³-hybridized carbons (Fsp3) is 0.727. The van der Waals surface area contributed by atoms with Gasteiger partial charge in [0.15, 0.2) is 0 Å². The predicted octanol–water partition coefficient (Wildman–Crippen LogP) is 0.270. The average Bonchev–Trinajstić information content (AvgIpc) is 3.02. The highest BCUT2D eigenvalue weighted by atomic mass is 16.5. The molecule has 0 radical (unpaired) electrons. The van der Waals surface area contributed by atoms with Crippen LogP contribution in [0.4, 0.5) is 4.79 Å². The number of carbonyl (C=O) groups excluding carboxylic acids is 3. The average molecular weight is 240 g/mol. The van der Waals surface area contributed by atoms with Crippen molar-refractivity contribution in [3.05, 3.63) is 0 Å². The SMILES string of the molecule is CC(C)OCCN1C(=O)NC(=O)C2(CC2)C1=O. The van der Waals surface area contributed by atoms with Crippen molar-refractivity contribution in [2.75, 3.05) is 13.2 Å². The first kappa shape index (κ1) is 12.0. The van der Waals surface area contributed by atoms with Gasteiger partial charge < -0.3 is 4.74 Å². The highest BCUT2D eigenvalue weighted by molar-refractivity contribution is 6.20. The molecule has 0 aromatic heterocycles. The Kier molecular flexibility index (Phi) is 2.91. The summed E-state index contributed by atoms with van der Waals surface area (Å²) < 4.78 is 5.30. The molecule has 1 spiro atoms. The van der Waals surface area contributed by atoms with Gasteiger partial charge in [0, 0.05) is 0 Å². The van der Waals surface area contributed by atoms with Crippen LogP contribution in [0.5, 0.6) is 0 Å². The van der Waals surface area contributed by atoms with Gasteiger partial charge in [0.1, 0.15) is 5.41 Å². The number of amides is 4. The largest absolute Gasteiger partial charge is 0.377 e. The first-order valence-corrected chi connectivity index (χ1v) is 5.76. The van der Waals surface area contributed by atoms with E-state index >= 15 is 0 Å². The molecule has 2 fully saturated rings. The van der Waals surface area contributed by atoms with Crippen LogP contribution in [0, 0.1) is 5.41 Å². The van der Waals surface area contributed by atoms with E-state index in [9.17, 15) is 14.4 Å². The summed E-state index contributed by atoms with van der Waals surface area (Å²) in [6.45, 7) is 4.24. The molecule has 1 aliphatic heterocycles. The molecule has 17 heavy (non-hydrogen) atoms. The van der Waals surface area contributed by atoms with Crippen molar-refractivity contribution in [2.45, 2.75) is 32.8 Å². The Hall–Kier alpha value is -1.43. The summed E-state index contributed by atoms with van der Waals surface area (Å²) in [6, 6.07) is -0.634. The van der Waals surface area contributed by atoms with Crippen LogP contribution in [0.25, 0.3) is 0 Å². The van der Waals surface area contributed by atoms with Crippen molar-refractivity contribution < 1.29 is 19.1 Å². The quantitative estimate of drug-likeness (QED) is 0.716. The van der Waals surface area contributed by atoms with Crippen molar-refractivity contribution in [3.8, 4) is 0 Å². The number of nitrogens with zero attached hydrogens (tertiary/aromatic N) is 1. The molecule has 1 N–H and O–H groups in total. The lowest BCUT2D eigenvalue weighted by Gasteiger charge is -2.30. The van der Waals surface area contributed by atoms with E-state index in [1.165, 1.54) is 0 Å². The second-order valence-corrected chi connectivity index (χ2v) is 4.72. The lowest BCUT2D eigenvalue weighted by atomic mass is 10.0. The van der Waals surface area contributed by atoms with E-state index < -0.39 is 17.4 Å². The summed E-state index contributed by atoms with van der Waals surface area (Å²) in [7, 11) is 0. The Morgan fingerprint density at radius 2 is 2.00 bits per heavy atom. The third-order valence-corrected chi connectivity index (χ3v) is 3.07. The van der Waals surface area contributed by atoms with E-state index in [-0.39, 0.29) is 18.6 Å². The van der Waals surface area contributed by atoms with Gasteiger partial charge in [-0.15, -0.1) is 0 Å². The Morgan fingerprint density at radius 3 is 2.53 bits per heavy atom. The Bertz CT molecular complexity index is 374. The van der Waals surface area contributed by atoms with Crippen LogP contribution in [0.2, 0.25) is 0 Å². The third kappa shape index (κ3) is 2.04. The van der Waals surface area contributed by atoms with E-state index in [4.69, 9.17) is 4.74 Å². The molecule has 0 aromatic rings. The first-order chi connectivity index (χ1) is 7.97. The summed E-state index contributed by atoms with van der Waals surface area (Å²) in [5, 5.41) is 2.22. The Labute approximate surface area is 99.3 Å². The van der Waals surface area contributed by atoms with Crippen LogP contribution in [0.1, 0.15) is 26.7 Å². The number of hydrogen-bond acceptors (Lipinski definition) is 4. The fourth-order valence-corrected chi connectivity index (χ4v) is 1.88. The molecule has 0 bridgehead atoms. The van der Waals surface area contributed by atoms with Gasteiger partial charge in [-0.25, -0.2) is 4.79 Å². The Balaban J connectivity index is 1.99. The molecule has 2 rings (SSSR count). The summed E-state index contributed by atoms with van der Waals surface area (Å²) in [5.74, 6) is -0.827. The molecular formula is C11H16N2O4. The lowest BCUT2D eigenvalue weighted by Crippen LogP contribution is -2.59. The topological polar surface area (TPSA) is 75.7 Å². The smallest absolute Gasteiger partial charge is 0.330 e. The maximum absolute atomic E-state index is 12.0. The van der Waals surface area contributed by atoms with Crippen molar-refractivity contribution >= 4 is 17.8 Å². The first-order valence-electron chi connectivity index (χ1n) is 5.76. The van der Waals surface area contributed by atoms with Crippen molar-refractivity contribution in [1.29, 1.82) is 0 Å². The molecule has 1 saturated heterocycles. The molecule has 1 aliphatic carbocycles. The predicted molar refractivity (Wildman–Crippen MR) is 58.0 cm³/mol. The molecule has 0 unspecified atom stereocenters. The van der Waals surface area contributed by atoms with E-state index in [2.05, 4.69) is 5.32 Å². The summed E-state index contributed by atoms with van der Waals surface area (Å²) in [5.41, 5.74) is -0.953. The van der Waals surface area contributed by atoms with Gasteiger partial charge in [-0.1, -0.05) is 0 Å². The summed E-state index contributed by atoms with van der Waals surface area (Å²) >= 11 is 0. The van der Waals surface area contributed by atoms with E-state index in [1.54, 1.807) is 0 Å². The van der Waals surface area contributed by atoms with Crippen LogP contribution >= 0.6 is 0 Å². The minimum atomic E-state index is -0.953. The van der Waals surface area contributed by atoms with E-state index in [0.29, 0.717) is 19.4 Å². The van der Waals surface area contributed by atoms with E-state index in [0.717, 1.165) is 4.90 Å². The third-order valence-electron chi connectivity index (χ3n) is 3.07. The summed E-state index contributed by atoms with van der Waals surface area (Å²) in [6.07, 6.45) is 1.12. The normalized spacial score (nSPS) is 22.3. The zero-order chi connectivity index (χ0) is 12.6. The second-order valence-electron chi connectivity index (χ2n) is 4.72. The number of imide groups is 2. The molecule has 2 aliphatic rings. The number of urea groups is 1. The zero-order valence-electron chi connectivity index (χ0n) is 9.99. The van der Waals surface area contributed by atoms with E-state index in [1.807, 2.05) is 13.8 Å². The van der Waals surface area contributed by atoms with Crippen LogP contribution in [0.15, 0.2) is 0 Å². The molecule has 1 heterocycles. The van der Waals surface area contributed by atoms with Crippen molar-refractivity contribution in [2.24, 2.45) is 5.41 Å². The van der Waals surface area contributed by atoms with Crippen LogP contribution in [-0.4, -0.2) is 42.0 Å². The maximum atomic E-state index is 12.0. The molecular weight excluding hydrogens is 224 g/mol. The molecule has 94 valence electrons. The number of hydrogen-bond donors (Lipinski definition) is 1. The minimum absolute atomic E-state index is 0.0504. The number of carbonyl (C=O) groups is 3. The second kappa shape index (κ2) is 4.10. The van der Waals surface area contributed by atoms with Gasteiger partial charge in [0.25, 0.3) is 0 Å². The van der Waals surface area contributed by atoms with Crippen molar-refractivity contribution in [1.82, 2.24) is 10.2 Å². The standard InChI is InChI=1S/C11H16N2O4/c1-7(2)17-6-5-13-9(15)11(3-4-11)8(14)12-10(13)16/h7H,3-6H2,1-2H3,(H,12,14,16). The highest BCUT2D eigenvalue weighted by Crippen LogP contribution is 2.48. The highest BCUT2D eigenvalue weighted by Gasteiger charge is 2.62. The monoisotopic (exact) mass is 240 g/mol. The number of nitrogens with one attached hydrogen (secondary N) is 1. The van der Waals surface area contributed by atoms with Crippen LogP contribution < -0.4 is 5.32 Å². The van der Waals surface area contributed by atoms with Crippen LogP contribution in [0.3, 0.4) is 0 Å². The maximum Gasteiger partial charge on any atom is 0.330 e. The molecule has 4 amide bonds. The van der Waals surface area contributed by atoms with Gasteiger partial charge in [-0.05, 0) is 26.7 Å². The number of rotatable bonds is 4. The van der Waals surface area contributed by atoms with Gasteiger partial charge >= 0.3 is 6.03 Å². The molecule has 6 heteroatoms. The molecule has 6 nitrogen and oxygen atoms in total. The number of ether oxygens (including phenoxy) is 1. The van der Waals surface area contributed by atoms with Gasteiger partial charge in [-0.3, -0.25) is 19.8 Å². The van der Waals surface area contributed by atoms with Crippen molar-refractivity contribution in [3.63, 3.8) is 0 Å².